The molecule has 138 valence electrons. The molecule has 2 rings (SSSR count). The SMILES string of the molecule is CCCS(=O)(=O)Nc1cccc(NC(=O)c2csc(CCN)n2)c1.Cl. The molecule has 7 nitrogen and oxygen atoms in total. The number of thiazole rings is 1. The van der Waals surface area contributed by atoms with Crippen LogP contribution in [0.5, 0.6) is 0 Å². The average Bonchev–Trinajstić information content (AvgIpc) is 2.96. The molecule has 0 aliphatic rings. The fourth-order valence-corrected chi connectivity index (χ4v) is 3.93. The van der Waals surface area contributed by atoms with E-state index in [2.05, 4.69) is 15.0 Å². The molecule has 0 saturated heterocycles. The second kappa shape index (κ2) is 9.71. The van der Waals surface area contributed by atoms with Gasteiger partial charge in [-0.2, -0.15) is 0 Å². The van der Waals surface area contributed by atoms with Crippen LogP contribution in [0.1, 0.15) is 28.8 Å². The molecule has 0 spiro atoms. The van der Waals surface area contributed by atoms with E-state index in [0.29, 0.717) is 36.5 Å². The first-order valence-electron chi connectivity index (χ1n) is 7.50. The van der Waals surface area contributed by atoms with Crippen LogP contribution >= 0.6 is 23.7 Å². The van der Waals surface area contributed by atoms with Crippen molar-refractivity contribution in [2.75, 3.05) is 22.3 Å². The molecule has 1 heterocycles. The van der Waals surface area contributed by atoms with Crippen molar-refractivity contribution in [1.29, 1.82) is 0 Å². The zero-order valence-corrected chi connectivity index (χ0v) is 16.1. The van der Waals surface area contributed by atoms with Gasteiger partial charge >= 0.3 is 0 Å². The van der Waals surface area contributed by atoms with Gasteiger partial charge in [-0.3, -0.25) is 9.52 Å². The predicted octanol–water partition coefficient (Wildman–Crippen LogP) is 2.47. The van der Waals surface area contributed by atoms with E-state index in [-0.39, 0.29) is 24.1 Å². The first kappa shape index (κ1) is 21.4. The van der Waals surface area contributed by atoms with E-state index in [0.717, 1.165) is 5.01 Å². The monoisotopic (exact) mass is 404 g/mol. The molecule has 0 bridgehead atoms. The number of nitrogens with two attached hydrogens (primary N) is 1. The van der Waals surface area contributed by atoms with Crippen LogP contribution in [0.2, 0.25) is 0 Å². The van der Waals surface area contributed by atoms with Crippen molar-refractivity contribution in [3.05, 3.63) is 40.3 Å². The summed E-state index contributed by atoms with van der Waals surface area (Å²) >= 11 is 1.39. The third-order valence-electron chi connectivity index (χ3n) is 3.01. The molecule has 0 aliphatic heterocycles. The van der Waals surface area contributed by atoms with Gasteiger partial charge in [0.1, 0.15) is 5.69 Å². The van der Waals surface area contributed by atoms with Crippen molar-refractivity contribution in [3.63, 3.8) is 0 Å². The Morgan fingerprint density at radius 3 is 2.72 bits per heavy atom. The molecule has 4 N–H and O–H groups in total. The van der Waals surface area contributed by atoms with Crippen LogP contribution in [-0.4, -0.2) is 31.6 Å². The number of hydrogen-bond donors (Lipinski definition) is 3. The summed E-state index contributed by atoms with van der Waals surface area (Å²) in [5.41, 5.74) is 6.68. The van der Waals surface area contributed by atoms with Gasteiger partial charge in [0.25, 0.3) is 5.91 Å². The lowest BCUT2D eigenvalue weighted by molar-refractivity contribution is 0.102. The number of hydrogen-bond acceptors (Lipinski definition) is 6. The number of anilines is 2. The minimum Gasteiger partial charge on any atom is -0.330 e. The molecule has 0 fully saturated rings. The Morgan fingerprint density at radius 1 is 1.32 bits per heavy atom. The van der Waals surface area contributed by atoms with Gasteiger partial charge < -0.3 is 11.1 Å². The summed E-state index contributed by atoms with van der Waals surface area (Å²) in [5, 5.41) is 5.19. The fourth-order valence-electron chi connectivity index (χ4n) is 2.01. The number of carbonyl (C=O) groups is 1. The van der Waals surface area contributed by atoms with E-state index in [4.69, 9.17) is 5.73 Å². The standard InChI is InChI=1S/C15H20N4O3S2.ClH/c1-2-8-24(21,22)19-12-5-3-4-11(9-12)17-15(20)13-10-23-14(18-13)6-7-16;/h3-5,9-10,19H,2,6-8,16H2,1H3,(H,17,20);1H. The molecule has 0 radical (unpaired) electrons. The van der Waals surface area contributed by atoms with Crippen molar-refractivity contribution in [3.8, 4) is 0 Å². The highest BCUT2D eigenvalue weighted by Crippen LogP contribution is 2.18. The largest absolute Gasteiger partial charge is 0.330 e. The zero-order chi connectivity index (χ0) is 17.6. The molecule has 0 atom stereocenters. The van der Waals surface area contributed by atoms with E-state index >= 15 is 0 Å². The Bertz CT molecular complexity index is 809. The number of aromatic nitrogens is 1. The molecular weight excluding hydrogens is 384 g/mol. The van der Waals surface area contributed by atoms with Crippen LogP contribution in [0, 0.1) is 0 Å². The van der Waals surface area contributed by atoms with Crippen LogP contribution in [0.3, 0.4) is 0 Å². The Labute approximate surface area is 157 Å². The lowest BCUT2D eigenvalue weighted by atomic mass is 10.3. The molecular formula is C15H21ClN4O3S2. The number of carbonyl (C=O) groups excluding carboxylic acids is 1. The summed E-state index contributed by atoms with van der Waals surface area (Å²) in [6.07, 6.45) is 1.16. The molecule has 1 aromatic heterocycles. The van der Waals surface area contributed by atoms with Crippen LogP contribution < -0.4 is 15.8 Å². The molecule has 1 aromatic carbocycles. The van der Waals surface area contributed by atoms with E-state index < -0.39 is 10.0 Å². The second-order valence-electron chi connectivity index (χ2n) is 5.12. The Balaban J connectivity index is 0.00000312. The molecule has 0 aliphatic carbocycles. The van der Waals surface area contributed by atoms with Gasteiger partial charge in [-0.05, 0) is 31.2 Å². The van der Waals surface area contributed by atoms with Crippen molar-refractivity contribution >= 4 is 51.0 Å². The number of nitrogens with one attached hydrogen (secondary N) is 2. The summed E-state index contributed by atoms with van der Waals surface area (Å²) in [6, 6.07) is 6.55. The van der Waals surface area contributed by atoms with Gasteiger partial charge in [0, 0.05) is 17.5 Å². The number of nitrogens with zero attached hydrogens (tertiary/aromatic N) is 1. The van der Waals surface area contributed by atoms with Crippen LogP contribution in [0.15, 0.2) is 29.6 Å². The summed E-state index contributed by atoms with van der Waals surface area (Å²) in [7, 11) is -3.37. The Morgan fingerprint density at radius 2 is 2.04 bits per heavy atom. The lowest BCUT2D eigenvalue weighted by Crippen LogP contribution is -2.16. The van der Waals surface area contributed by atoms with E-state index in [9.17, 15) is 13.2 Å². The van der Waals surface area contributed by atoms with Crippen molar-refractivity contribution in [1.82, 2.24) is 4.98 Å². The molecule has 1 amide bonds. The molecule has 0 saturated carbocycles. The lowest BCUT2D eigenvalue weighted by Gasteiger charge is -2.09. The number of sulfonamides is 1. The van der Waals surface area contributed by atoms with Gasteiger partial charge in [-0.25, -0.2) is 13.4 Å². The number of amides is 1. The molecule has 25 heavy (non-hydrogen) atoms. The minimum atomic E-state index is -3.37. The van der Waals surface area contributed by atoms with Gasteiger partial charge in [0.15, 0.2) is 0 Å². The summed E-state index contributed by atoms with van der Waals surface area (Å²) in [5.74, 6) is -0.296. The van der Waals surface area contributed by atoms with Crippen LogP contribution in [-0.2, 0) is 16.4 Å². The number of benzene rings is 1. The smallest absolute Gasteiger partial charge is 0.275 e. The minimum absolute atomic E-state index is 0. The maximum Gasteiger partial charge on any atom is 0.275 e. The van der Waals surface area contributed by atoms with Crippen molar-refractivity contribution in [2.24, 2.45) is 5.73 Å². The third kappa shape index (κ3) is 6.62. The molecule has 10 heteroatoms. The summed E-state index contributed by atoms with van der Waals surface area (Å²) in [4.78, 5) is 16.4. The normalized spacial score (nSPS) is 10.8. The maximum atomic E-state index is 12.2. The molecule has 2 aromatic rings. The number of rotatable bonds is 8. The first-order valence-corrected chi connectivity index (χ1v) is 10.0. The summed E-state index contributed by atoms with van der Waals surface area (Å²) in [6.45, 7) is 2.27. The van der Waals surface area contributed by atoms with Gasteiger partial charge in [0.05, 0.1) is 16.4 Å². The van der Waals surface area contributed by atoms with E-state index in [1.807, 2.05) is 0 Å². The average molecular weight is 405 g/mol. The van der Waals surface area contributed by atoms with Gasteiger partial charge in [0.2, 0.25) is 10.0 Å². The predicted molar refractivity (Wildman–Crippen MR) is 104 cm³/mol. The van der Waals surface area contributed by atoms with Crippen LogP contribution in [0.25, 0.3) is 0 Å². The quantitative estimate of drug-likeness (QED) is 0.625. The highest BCUT2D eigenvalue weighted by Gasteiger charge is 2.12. The first-order chi connectivity index (χ1) is 11.4. The zero-order valence-electron chi connectivity index (χ0n) is 13.7. The Kier molecular flexibility index (Phi) is 8.30. The van der Waals surface area contributed by atoms with Gasteiger partial charge in [-0.15, -0.1) is 23.7 Å². The van der Waals surface area contributed by atoms with E-state index in [1.54, 1.807) is 36.6 Å². The Hall–Kier alpha value is -1.68. The van der Waals surface area contributed by atoms with Gasteiger partial charge in [-0.1, -0.05) is 13.0 Å². The maximum absolute atomic E-state index is 12.2. The summed E-state index contributed by atoms with van der Waals surface area (Å²) < 4.78 is 26.1. The van der Waals surface area contributed by atoms with Crippen molar-refractivity contribution in [2.45, 2.75) is 19.8 Å². The third-order valence-corrected chi connectivity index (χ3v) is 5.41. The highest BCUT2D eigenvalue weighted by molar-refractivity contribution is 7.92. The molecule has 0 unspecified atom stereocenters. The number of halogens is 1. The highest BCUT2D eigenvalue weighted by atomic mass is 35.5. The van der Waals surface area contributed by atoms with Crippen LogP contribution in [0.4, 0.5) is 11.4 Å². The van der Waals surface area contributed by atoms with E-state index in [1.165, 1.54) is 11.3 Å². The van der Waals surface area contributed by atoms with Crippen molar-refractivity contribution < 1.29 is 13.2 Å². The topological polar surface area (TPSA) is 114 Å². The fraction of sp³-hybridized carbons (Fsp3) is 0.333. The second-order valence-corrected chi connectivity index (χ2v) is 7.91.